The monoisotopic (exact) mass is 380 g/mol. The van der Waals surface area contributed by atoms with Crippen molar-refractivity contribution in [3.63, 3.8) is 0 Å². The SMILES string of the molecule is COc1cccc(-n2nnnc2SCC(=O)c2ccc3c(c2)CCCC3)c1. The molecule has 3 aromatic rings. The molecule has 0 aliphatic heterocycles. The number of aromatic nitrogens is 4. The molecule has 0 spiro atoms. The van der Waals surface area contributed by atoms with Crippen LogP contribution in [0.5, 0.6) is 5.75 Å². The average Bonchev–Trinajstić information content (AvgIpc) is 3.20. The summed E-state index contributed by atoms with van der Waals surface area (Å²) in [6, 6.07) is 13.6. The van der Waals surface area contributed by atoms with E-state index in [-0.39, 0.29) is 5.78 Å². The van der Waals surface area contributed by atoms with Gasteiger partial charge in [0.05, 0.1) is 18.6 Å². The molecular weight excluding hydrogens is 360 g/mol. The third-order valence-electron chi connectivity index (χ3n) is 4.74. The fourth-order valence-corrected chi connectivity index (χ4v) is 4.08. The minimum Gasteiger partial charge on any atom is -0.497 e. The summed E-state index contributed by atoms with van der Waals surface area (Å²) in [5.74, 6) is 1.11. The lowest BCUT2D eigenvalue weighted by molar-refractivity contribution is 0.102. The molecule has 0 amide bonds. The molecule has 27 heavy (non-hydrogen) atoms. The average molecular weight is 380 g/mol. The number of thioether (sulfide) groups is 1. The molecule has 0 atom stereocenters. The lowest BCUT2D eigenvalue weighted by atomic mass is 9.90. The van der Waals surface area contributed by atoms with Gasteiger partial charge in [-0.1, -0.05) is 30.0 Å². The van der Waals surface area contributed by atoms with E-state index in [9.17, 15) is 4.79 Å². The van der Waals surface area contributed by atoms with Crippen LogP contribution in [0.2, 0.25) is 0 Å². The number of nitrogens with zero attached hydrogens (tertiary/aromatic N) is 4. The molecule has 6 nitrogen and oxygen atoms in total. The quantitative estimate of drug-likeness (QED) is 0.481. The Hall–Kier alpha value is -2.67. The molecule has 0 saturated heterocycles. The largest absolute Gasteiger partial charge is 0.497 e. The highest BCUT2D eigenvalue weighted by Crippen LogP contribution is 2.25. The number of hydrogen-bond donors (Lipinski definition) is 0. The number of methoxy groups -OCH3 is 1. The van der Waals surface area contributed by atoms with Gasteiger partial charge in [-0.15, -0.1) is 5.10 Å². The maximum absolute atomic E-state index is 12.7. The van der Waals surface area contributed by atoms with Gasteiger partial charge in [-0.05, 0) is 65.4 Å². The third-order valence-corrected chi connectivity index (χ3v) is 5.66. The first kappa shape index (κ1) is 17.7. The van der Waals surface area contributed by atoms with Crippen LogP contribution in [0.4, 0.5) is 0 Å². The zero-order chi connectivity index (χ0) is 18.6. The summed E-state index contributed by atoms with van der Waals surface area (Å²) in [4.78, 5) is 12.7. The van der Waals surface area contributed by atoms with Crippen molar-refractivity contribution in [2.24, 2.45) is 0 Å². The molecule has 0 unspecified atom stereocenters. The number of carbonyl (C=O) groups excluding carboxylic acids is 1. The van der Waals surface area contributed by atoms with Crippen molar-refractivity contribution in [2.75, 3.05) is 12.9 Å². The van der Waals surface area contributed by atoms with E-state index in [0.717, 1.165) is 29.8 Å². The molecule has 0 fully saturated rings. The predicted molar refractivity (Wildman–Crippen MR) is 104 cm³/mol. The molecule has 1 aliphatic rings. The number of Topliss-reactive ketones (excluding diaryl/α,β-unsaturated/α-hetero) is 1. The molecule has 2 aromatic carbocycles. The van der Waals surface area contributed by atoms with Crippen LogP contribution in [-0.2, 0) is 12.8 Å². The normalized spacial score (nSPS) is 13.2. The number of aryl methyl sites for hydroxylation is 2. The summed E-state index contributed by atoms with van der Waals surface area (Å²) < 4.78 is 6.87. The maximum atomic E-state index is 12.7. The summed E-state index contributed by atoms with van der Waals surface area (Å²) in [6.07, 6.45) is 4.63. The van der Waals surface area contributed by atoms with Crippen molar-refractivity contribution >= 4 is 17.5 Å². The van der Waals surface area contributed by atoms with Crippen molar-refractivity contribution in [1.82, 2.24) is 20.2 Å². The van der Waals surface area contributed by atoms with Crippen molar-refractivity contribution < 1.29 is 9.53 Å². The fraction of sp³-hybridized carbons (Fsp3) is 0.300. The molecule has 1 heterocycles. The summed E-state index contributed by atoms with van der Waals surface area (Å²) in [5, 5.41) is 12.4. The van der Waals surface area contributed by atoms with Crippen molar-refractivity contribution in [1.29, 1.82) is 0 Å². The number of fused-ring (bicyclic) bond motifs is 1. The first-order chi connectivity index (χ1) is 13.2. The molecule has 0 radical (unpaired) electrons. The molecule has 138 valence electrons. The minimum absolute atomic E-state index is 0.0913. The molecule has 0 saturated carbocycles. The van der Waals surface area contributed by atoms with Gasteiger partial charge in [-0.2, -0.15) is 4.68 Å². The lowest BCUT2D eigenvalue weighted by Crippen LogP contribution is -2.08. The summed E-state index contributed by atoms with van der Waals surface area (Å²) in [6.45, 7) is 0. The van der Waals surface area contributed by atoms with Gasteiger partial charge in [0.2, 0.25) is 5.16 Å². The predicted octanol–water partition coefficient (Wildman–Crippen LogP) is 3.52. The Morgan fingerprint density at radius 3 is 2.85 bits per heavy atom. The second-order valence-corrected chi connectivity index (χ2v) is 7.42. The number of ketones is 1. The van der Waals surface area contributed by atoms with Crippen LogP contribution in [0.1, 0.15) is 34.3 Å². The van der Waals surface area contributed by atoms with Crippen LogP contribution in [0.15, 0.2) is 47.6 Å². The summed E-state index contributed by atoms with van der Waals surface area (Å²) in [7, 11) is 1.62. The lowest BCUT2D eigenvalue weighted by Gasteiger charge is -2.16. The second-order valence-electron chi connectivity index (χ2n) is 6.48. The van der Waals surface area contributed by atoms with E-state index < -0.39 is 0 Å². The standard InChI is InChI=1S/C20H20N4O2S/c1-26-18-8-4-7-17(12-18)24-20(21-22-23-24)27-13-19(25)16-10-9-14-5-2-3-6-15(14)11-16/h4,7-12H,2-3,5-6,13H2,1H3. The zero-order valence-corrected chi connectivity index (χ0v) is 15.9. The number of tetrazole rings is 1. The first-order valence-corrected chi connectivity index (χ1v) is 9.94. The van der Waals surface area contributed by atoms with Gasteiger partial charge in [0.25, 0.3) is 0 Å². The van der Waals surface area contributed by atoms with E-state index in [1.807, 2.05) is 30.3 Å². The van der Waals surface area contributed by atoms with Crippen LogP contribution < -0.4 is 4.74 Å². The van der Waals surface area contributed by atoms with Gasteiger partial charge in [0.15, 0.2) is 5.78 Å². The number of benzene rings is 2. The first-order valence-electron chi connectivity index (χ1n) is 8.95. The van der Waals surface area contributed by atoms with Gasteiger partial charge in [-0.3, -0.25) is 4.79 Å². The van der Waals surface area contributed by atoms with Crippen LogP contribution in [0, 0.1) is 0 Å². The van der Waals surface area contributed by atoms with Crippen LogP contribution in [0.25, 0.3) is 5.69 Å². The van der Waals surface area contributed by atoms with Gasteiger partial charge >= 0.3 is 0 Å². The Balaban J connectivity index is 1.48. The smallest absolute Gasteiger partial charge is 0.214 e. The number of carbonyl (C=O) groups is 1. The molecular formula is C20H20N4O2S. The van der Waals surface area contributed by atoms with Crippen molar-refractivity contribution in [2.45, 2.75) is 30.8 Å². The Kier molecular flexibility index (Phi) is 5.20. The third kappa shape index (κ3) is 3.88. The van der Waals surface area contributed by atoms with E-state index in [0.29, 0.717) is 10.9 Å². The number of hydrogen-bond acceptors (Lipinski definition) is 6. The van der Waals surface area contributed by atoms with Crippen LogP contribution >= 0.6 is 11.8 Å². The van der Waals surface area contributed by atoms with E-state index in [2.05, 4.69) is 27.7 Å². The highest BCUT2D eigenvalue weighted by Gasteiger charge is 2.16. The Morgan fingerprint density at radius 1 is 1.15 bits per heavy atom. The summed E-state index contributed by atoms with van der Waals surface area (Å²) in [5.41, 5.74) is 4.26. The van der Waals surface area contributed by atoms with E-state index >= 15 is 0 Å². The highest BCUT2D eigenvalue weighted by atomic mass is 32.2. The van der Waals surface area contributed by atoms with E-state index in [4.69, 9.17) is 4.74 Å². The highest BCUT2D eigenvalue weighted by molar-refractivity contribution is 7.99. The molecule has 1 aromatic heterocycles. The maximum Gasteiger partial charge on any atom is 0.214 e. The second kappa shape index (κ2) is 7.92. The van der Waals surface area contributed by atoms with Gasteiger partial charge in [0.1, 0.15) is 5.75 Å². The van der Waals surface area contributed by atoms with E-state index in [1.165, 1.54) is 35.7 Å². The molecule has 7 heteroatoms. The fourth-order valence-electron chi connectivity index (χ4n) is 3.29. The number of rotatable bonds is 6. The molecule has 0 bridgehead atoms. The zero-order valence-electron chi connectivity index (χ0n) is 15.1. The van der Waals surface area contributed by atoms with E-state index in [1.54, 1.807) is 11.8 Å². The van der Waals surface area contributed by atoms with Gasteiger partial charge < -0.3 is 4.74 Å². The van der Waals surface area contributed by atoms with Gasteiger partial charge in [0, 0.05) is 11.6 Å². The molecule has 1 aliphatic carbocycles. The van der Waals surface area contributed by atoms with Crippen molar-refractivity contribution in [3.8, 4) is 11.4 Å². The Labute approximate surface area is 161 Å². The number of ether oxygens (including phenoxy) is 1. The van der Waals surface area contributed by atoms with Crippen molar-refractivity contribution in [3.05, 3.63) is 59.2 Å². The van der Waals surface area contributed by atoms with Gasteiger partial charge in [-0.25, -0.2) is 0 Å². The Morgan fingerprint density at radius 2 is 2.00 bits per heavy atom. The minimum atomic E-state index is 0.0913. The Bertz CT molecular complexity index is 970. The van der Waals surface area contributed by atoms with Crippen LogP contribution in [0.3, 0.4) is 0 Å². The van der Waals surface area contributed by atoms with Crippen LogP contribution in [-0.4, -0.2) is 38.9 Å². The molecule has 4 rings (SSSR count). The topological polar surface area (TPSA) is 69.9 Å². The molecule has 0 N–H and O–H groups in total. The summed E-state index contributed by atoms with van der Waals surface area (Å²) >= 11 is 1.34.